The average molecular weight is 397 g/mol. The highest BCUT2D eigenvalue weighted by Crippen LogP contribution is 2.28. The minimum atomic E-state index is -0.954. The van der Waals surface area contributed by atoms with Crippen LogP contribution in [0.2, 0.25) is 0 Å². The Bertz CT molecular complexity index is 904. The summed E-state index contributed by atoms with van der Waals surface area (Å²) in [6.45, 7) is 6.94. The third-order valence-electron chi connectivity index (χ3n) is 4.22. The first kappa shape index (κ1) is 22.0. The van der Waals surface area contributed by atoms with Crippen molar-refractivity contribution in [3.8, 4) is 11.5 Å². The van der Waals surface area contributed by atoms with Gasteiger partial charge in [-0.25, -0.2) is 4.79 Å². The zero-order chi connectivity index (χ0) is 21.4. The molecule has 0 aromatic heterocycles. The van der Waals surface area contributed by atoms with E-state index in [9.17, 15) is 9.59 Å². The number of esters is 1. The summed E-state index contributed by atoms with van der Waals surface area (Å²) in [6, 6.07) is 11.1. The lowest BCUT2D eigenvalue weighted by Crippen LogP contribution is -2.31. The lowest BCUT2D eigenvalue weighted by Gasteiger charge is -2.16. The number of ether oxygens (including phenoxy) is 3. The zero-order valence-corrected chi connectivity index (χ0v) is 17.4. The quantitative estimate of drug-likeness (QED) is 0.673. The van der Waals surface area contributed by atoms with Crippen LogP contribution >= 0.6 is 0 Å². The van der Waals surface area contributed by atoms with Crippen LogP contribution in [-0.2, 0) is 14.3 Å². The molecule has 1 N–H and O–H groups in total. The molecular formula is C23H27NO5. The molecule has 0 saturated heterocycles. The number of amides is 1. The van der Waals surface area contributed by atoms with Crippen LogP contribution in [0.3, 0.4) is 0 Å². The molecule has 0 aliphatic rings. The molecule has 29 heavy (non-hydrogen) atoms. The first-order valence-electron chi connectivity index (χ1n) is 9.35. The second-order valence-electron chi connectivity index (χ2n) is 6.64. The summed E-state index contributed by atoms with van der Waals surface area (Å²) in [5.74, 6) is -0.118. The number of nitrogens with one attached hydrogen (secondary N) is 1. The van der Waals surface area contributed by atoms with Crippen molar-refractivity contribution in [2.75, 3.05) is 19.0 Å². The first-order valence-corrected chi connectivity index (χ1v) is 9.35. The molecule has 6 nitrogen and oxygen atoms in total. The van der Waals surface area contributed by atoms with Gasteiger partial charge in [0.1, 0.15) is 0 Å². The van der Waals surface area contributed by atoms with Crippen molar-refractivity contribution < 1.29 is 23.8 Å². The highest BCUT2D eigenvalue weighted by molar-refractivity contribution is 5.95. The van der Waals surface area contributed by atoms with Crippen molar-refractivity contribution >= 4 is 23.6 Å². The van der Waals surface area contributed by atoms with Crippen molar-refractivity contribution in [1.29, 1.82) is 0 Å². The van der Waals surface area contributed by atoms with Gasteiger partial charge >= 0.3 is 5.97 Å². The van der Waals surface area contributed by atoms with Crippen LogP contribution in [0, 0.1) is 13.8 Å². The number of allylic oxidation sites excluding steroid dienone is 1. The van der Waals surface area contributed by atoms with Gasteiger partial charge in [-0.05, 0) is 62.6 Å². The van der Waals surface area contributed by atoms with Crippen LogP contribution in [0.4, 0.5) is 5.69 Å². The molecule has 0 spiro atoms. The van der Waals surface area contributed by atoms with Crippen LogP contribution in [-0.4, -0.2) is 31.7 Å². The molecular weight excluding hydrogens is 370 g/mol. The lowest BCUT2D eigenvalue weighted by molar-refractivity contribution is -0.155. The van der Waals surface area contributed by atoms with Crippen molar-refractivity contribution in [1.82, 2.24) is 0 Å². The van der Waals surface area contributed by atoms with Gasteiger partial charge in [0.2, 0.25) is 0 Å². The van der Waals surface area contributed by atoms with Gasteiger partial charge in [-0.15, -0.1) is 0 Å². The maximum absolute atomic E-state index is 12.3. The molecule has 154 valence electrons. The number of carbonyl (C=O) groups excluding carboxylic acids is 2. The van der Waals surface area contributed by atoms with Crippen LogP contribution in [0.1, 0.15) is 30.5 Å². The summed E-state index contributed by atoms with van der Waals surface area (Å²) in [6.07, 6.45) is 2.89. The Labute approximate surface area is 171 Å². The van der Waals surface area contributed by atoms with Gasteiger partial charge in [0.15, 0.2) is 24.2 Å². The summed E-state index contributed by atoms with van der Waals surface area (Å²) in [5, 5.41) is 2.78. The Kier molecular flexibility index (Phi) is 7.83. The summed E-state index contributed by atoms with van der Waals surface area (Å²) in [5.41, 5.74) is 3.61. The largest absolute Gasteiger partial charge is 0.493 e. The van der Waals surface area contributed by atoms with Crippen molar-refractivity contribution in [3.05, 3.63) is 59.2 Å². The molecule has 0 heterocycles. The number of methoxy groups -OCH3 is 1. The molecule has 0 radical (unpaired) electrons. The average Bonchev–Trinajstić information content (AvgIpc) is 2.69. The Morgan fingerprint density at radius 2 is 1.86 bits per heavy atom. The van der Waals surface area contributed by atoms with E-state index in [0.717, 1.165) is 16.7 Å². The van der Waals surface area contributed by atoms with E-state index < -0.39 is 18.0 Å². The fraction of sp³-hybridized carbons (Fsp3) is 0.304. The Hall–Kier alpha value is -3.28. The number of rotatable bonds is 8. The first-order chi connectivity index (χ1) is 13.8. The molecule has 0 aliphatic carbocycles. The van der Waals surface area contributed by atoms with E-state index in [-0.39, 0.29) is 6.61 Å². The third-order valence-corrected chi connectivity index (χ3v) is 4.22. The monoisotopic (exact) mass is 397 g/mol. The molecule has 1 amide bonds. The van der Waals surface area contributed by atoms with Gasteiger partial charge in [0.25, 0.3) is 5.91 Å². The Morgan fingerprint density at radius 1 is 1.10 bits per heavy atom. The molecule has 0 saturated carbocycles. The van der Waals surface area contributed by atoms with Crippen molar-refractivity contribution in [2.45, 2.75) is 33.8 Å². The smallest absolute Gasteiger partial charge is 0.344 e. The molecule has 2 aromatic rings. The Balaban J connectivity index is 1.91. The predicted molar refractivity (Wildman–Crippen MR) is 113 cm³/mol. The molecule has 0 unspecified atom stereocenters. The number of aryl methyl sites for hydroxylation is 2. The van der Waals surface area contributed by atoms with Gasteiger partial charge in [-0.3, -0.25) is 4.79 Å². The highest BCUT2D eigenvalue weighted by Gasteiger charge is 2.19. The summed E-state index contributed by atoms with van der Waals surface area (Å²) in [7, 11) is 1.53. The number of hydrogen-bond donors (Lipinski definition) is 1. The van der Waals surface area contributed by atoms with Gasteiger partial charge in [-0.2, -0.15) is 0 Å². The van der Waals surface area contributed by atoms with Crippen molar-refractivity contribution in [2.24, 2.45) is 0 Å². The standard InChI is InChI=1S/C23H27NO5/c1-6-7-18-10-11-20(21(13-18)27-5)28-14-22(25)29-17(4)23(26)24-19-12-15(2)8-9-16(19)3/h6-13,17H,14H2,1-5H3,(H,24,26)/b7-6+/t17-/m1/s1. The van der Waals surface area contributed by atoms with E-state index in [4.69, 9.17) is 14.2 Å². The third kappa shape index (κ3) is 6.38. The molecule has 0 fully saturated rings. The minimum Gasteiger partial charge on any atom is -0.493 e. The van der Waals surface area contributed by atoms with E-state index in [1.165, 1.54) is 14.0 Å². The number of benzene rings is 2. The number of hydrogen-bond acceptors (Lipinski definition) is 5. The fourth-order valence-corrected chi connectivity index (χ4v) is 2.63. The molecule has 6 heteroatoms. The van der Waals surface area contributed by atoms with E-state index in [0.29, 0.717) is 17.2 Å². The highest BCUT2D eigenvalue weighted by atomic mass is 16.6. The minimum absolute atomic E-state index is 0.333. The van der Waals surface area contributed by atoms with E-state index in [1.807, 2.05) is 57.2 Å². The second kappa shape index (κ2) is 10.3. The summed E-state index contributed by atoms with van der Waals surface area (Å²) >= 11 is 0. The summed E-state index contributed by atoms with van der Waals surface area (Å²) < 4.78 is 16.0. The maximum atomic E-state index is 12.3. The van der Waals surface area contributed by atoms with Crippen LogP contribution < -0.4 is 14.8 Å². The molecule has 0 bridgehead atoms. The Morgan fingerprint density at radius 3 is 2.55 bits per heavy atom. The van der Waals surface area contributed by atoms with E-state index in [1.54, 1.807) is 12.1 Å². The normalized spacial score (nSPS) is 11.8. The number of anilines is 1. The van der Waals surface area contributed by atoms with Crippen LogP contribution in [0.25, 0.3) is 6.08 Å². The molecule has 2 rings (SSSR count). The SMILES string of the molecule is C/C=C/c1ccc(OCC(=O)O[C@H](C)C(=O)Nc2cc(C)ccc2C)c(OC)c1. The van der Waals surface area contributed by atoms with Gasteiger partial charge in [-0.1, -0.05) is 30.4 Å². The van der Waals surface area contributed by atoms with Gasteiger partial charge < -0.3 is 19.5 Å². The van der Waals surface area contributed by atoms with Gasteiger partial charge in [0.05, 0.1) is 7.11 Å². The van der Waals surface area contributed by atoms with Gasteiger partial charge in [0, 0.05) is 5.69 Å². The van der Waals surface area contributed by atoms with Crippen LogP contribution in [0.5, 0.6) is 11.5 Å². The van der Waals surface area contributed by atoms with E-state index in [2.05, 4.69) is 5.32 Å². The lowest BCUT2D eigenvalue weighted by atomic mass is 10.1. The number of carbonyl (C=O) groups is 2. The van der Waals surface area contributed by atoms with Crippen molar-refractivity contribution in [3.63, 3.8) is 0 Å². The predicted octanol–water partition coefficient (Wildman–Crippen LogP) is 4.29. The summed E-state index contributed by atoms with van der Waals surface area (Å²) in [4.78, 5) is 24.4. The van der Waals surface area contributed by atoms with E-state index >= 15 is 0 Å². The molecule has 1 atom stereocenters. The van der Waals surface area contributed by atoms with Crippen LogP contribution in [0.15, 0.2) is 42.5 Å². The molecule has 0 aliphatic heterocycles. The molecule has 2 aromatic carbocycles. The topological polar surface area (TPSA) is 73.9 Å². The second-order valence-corrected chi connectivity index (χ2v) is 6.64. The fourth-order valence-electron chi connectivity index (χ4n) is 2.63. The zero-order valence-electron chi connectivity index (χ0n) is 17.4. The maximum Gasteiger partial charge on any atom is 0.344 e.